The summed E-state index contributed by atoms with van der Waals surface area (Å²) in [5, 5.41) is 8.54. The zero-order chi connectivity index (χ0) is 14.0. The first-order valence-electron chi connectivity index (χ1n) is 5.52. The molecule has 0 amide bonds. The zero-order valence-electron chi connectivity index (χ0n) is 11.2. The van der Waals surface area contributed by atoms with E-state index in [-0.39, 0.29) is 0 Å². The quantitative estimate of drug-likeness (QED) is 0.231. The summed E-state index contributed by atoms with van der Waals surface area (Å²) >= 11 is 0. The Morgan fingerprint density at radius 3 is 2.67 bits per heavy atom. The fraction of sp³-hybridized carbons (Fsp3) is 0.667. The van der Waals surface area contributed by atoms with Crippen LogP contribution >= 0.6 is 0 Å². The van der Waals surface area contributed by atoms with Crippen LogP contribution in [0.2, 0.25) is 0 Å². The minimum Gasteiger partial charge on any atom is -0.480 e. The van der Waals surface area contributed by atoms with Gasteiger partial charge in [0.1, 0.15) is 6.04 Å². The highest BCUT2D eigenvalue weighted by Gasteiger charge is 2.09. The van der Waals surface area contributed by atoms with Gasteiger partial charge in [-0.3, -0.25) is 9.79 Å². The Balaban J connectivity index is 5.25. The van der Waals surface area contributed by atoms with E-state index in [1.807, 2.05) is 0 Å². The van der Waals surface area contributed by atoms with E-state index in [2.05, 4.69) is 4.99 Å². The van der Waals surface area contributed by atoms with Crippen molar-refractivity contribution in [3.8, 4) is 0 Å². The number of carboxylic acids is 1. The van der Waals surface area contributed by atoms with Crippen LogP contribution in [0.25, 0.3) is 0 Å². The fourth-order valence-electron chi connectivity index (χ4n) is 0.295. The SMILES string of the molecule is [2H]C(C(N)C(=O)O)C([2H])([2H])[13C]([2H])([2H])N=C(N)N. The van der Waals surface area contributed by atoms with Gasteiger partial charge in [-0.25, -0.2) is 0 Å². The second-order valence-electron chi connectivity index (χ2n) is 1.82. The normalized spacial score (nSPS) is 23.2. The molecule has 0 aromatic rings. The third kappa shape index (κ3) is 5.48. The molecule has 0 aliphatic rings. The lowest BCUT2D eigenvalue weighted by Gasteiger charge is -2.03. The molecule has 7 N–H and O–H groups in total. The molecule has 0 aromatic heterocycles. The van der Waals surface area contributed by atoms with E-state index in [0.29, 0.717) is 0 Å². The molecule has 0 saturated carbocycles. The minimum atomic E-state index is -2.96. The van der Waals surface area contributed by atoms with Crippen LogP contribution < -0.4 is 17.2 Å². The van der Waals surface area contributed by atoms with Crippen LogP contribution in [0.1, 0.15) is 19.6 Å². The third-order valence-electron chi connectivity index (χ3n) is 0.798. The molecule has 6 nitrogen and oxygen atoms in total. The molecular formula is C6H14N4O2. The predicted octanol–water partition coefficient (Wildman–Crippen LogP) is -1.55. The maximum atomic E-state index is 10.5. The molecule has 2 atom stereocenters. The number of nitrogens with zero attached hydrogens (tertiary/aromatic N) is 1. The van der Waals surface area contributed by atoms with Crippen molar-refractivity contribution in [2.45, 2.75) is 18.8 Å². The van der Waals surface area contributed by atoms with Crippen molar-refractivity contribution in [2.75, 3.05) is 6.50 Å². The van der Waals surface area contributed by atoms with Crippen molar-refractivity contribution in [1.82, 2.24) is 0 Å². The molecule has 0 bridgehead atoms. The van der Waals surface area contributed by atoms with Gasteiger partial charge in [0, 0.05) is 10.6 Å². The van der Waals surface area contributed by atoms with Crippen LogP contribution in [0, 0.1) is 0 Å². The molecule has 0 aliphatic carbocycles. The molecule has 0 rings (SSSR count). The van der Waals surface area contributed by atoms with Gasteiger partial charge in [-0.15, -0.1) is 0 Å². The van der Waals surface area contributed by atoms with Gasteiger partial charge < -0.3 is 22.3 Å². The number of aliphatic carboxylic acids is 1. The summed E-state index contributed by atoms with van der Waals surface area (Å²) in [5.74, 6) is -2.33. The molecule has 0 spiro atoms. The molecule has 0 fully saturated rings. The summed E-state index contributed by atoms with van der Waals surface area (Å²) in [4.78, 5) is 13.5. The molecular weight excluding hydrogens is 161 g/mol. The van der Waals surface area contributed by atoms with Gasteiger partial charge in [-0.05, 0) is 12.8 Å². The van der Waals surface area contributed by atoms with E-state index in [1.54, 1.807) is 0 Å². The van der Waals surface area contributed by atoms with Gasteiger partial charge in [-0.2, -0.15) is 0 Å². The first-order chi connectivity index (χ1) is 7.43. The van der Waals surface area contributed by atoms with Crippen LogP contribution in [0.5, 0.6) is 0 Å². The van der Waals surface area contributed by atoms with Crippen LogP contribution in [0.15, 0.2) is 4.99 Å². The van der Waals surface area contributed by atoms with E-state index >= 15 is 0 Å². The van der Waals surface area contributed by atoms with E-state index in [1.165, 1.54) is 0 Å². The highest BCUT2D eigenvalue weighted by molar-refractivity contribution is 5.75. The summed E-state index contributed by atoms with van der Waals surface area (Å²) in [6, 6.07) is -1.89. The summed E-state index contributed by atoms with van der Waals surface area (Å²) in [5.41, 5.74) is 14.9. The Labute approximate surface area is 77.5 Å². The summed E-state index contributed by atoms with van der Waals surface area (Å²) < 4.78 is 36.7. The van der Waals surface area contributed by atoms with E-state index in [9.17, 15) is 4.79 Å². The monoisotopic (exact) mass is 180 g/mol. The van der Waals surface area contributed by atoms with Gasteiger partial charge in [0.2, 0.25) is 0 Å². The molecule has 0 saturated heterocycles. The lowest BCUT2D eigenvalue weighted by molar-refractivity contribution is -0.138. The van der Waals surface area contributed by atoms with Crippen molar-refractivity contribution in [3.05, 3.63) is 0 Å². The Hall–Kier alpha value is -1.30. The number of rotatable bonds is 5. The number of aliphatic imine (C=N–C) groups is 1. The van der Waals surface area contributed by atoms with Crippen molar-refractivity contribution >= 4 is 11.9 Å². The summed E-state index contributed by atoms with van der Waals surface area (Å²) in [6.07, 6.45) is -5.03. The Kier molecular flexibility index (Phi) is 2.08. The van der Waals surface area contributed by atoms with Gasteiger partial charge in [0.15, 0.2) is 5.96 Å². The van der Waals surface area contributed by atoms with Crippen molar-refractivity contribution in [2.24, 2.45) is 22.2 Å². The van der Waals surface area contributed by atoms with E-state index in [0.717, 1.165) is 0 Å². The van der Waals surface area contributed by atoms with E-state index in [4.69, 9.17) is 29.2 Å². The lowest BCUT2D eigenvalue weighted by Crippen LogP contribution is -2.30. The molecule has 2 unspecified atom stereocenters. The number of hydrogen-bond acceptors (Lipinski definition) is 3. The number of hydrogen-bond donors (Lipinski definition) is 4. The maximum absolute atomic E-state index is 10.5. The van der Waals surface area contributed by atoms with Gasteiger partial charge in [-0.1, -0.05) is 0 Å². The molecule has 12 heavy (non-hydrogen) atoms. The minimum absolute atomic E-state index is 0.713. The molecule has 0 heterocycles. The van der Waals surface area contributed by atoms with Gasteiger partial charge >= 0.3 is 5.97 Å². The number of carbonyl (C=O) groups is 1. The van der Waals surface area contributed by atoms with Crippen LogP contribution in [-0.2, 0) is 4.79 Å². The van der Waals surface area contributed by atoms with Crippen LogP contribution in [0.3, 0.4) is 0 Å². The first kappa shape index (κ1) is 4.66. The summed E-state index contributed by atoms with van der Waals surface area (Å²) in [7, 11) is 0. The fourth-order valence-corrected chi connectivity index (χ4v) is 0.295. The van der Waals surface area contributed by atoms with Crippen molar-refractivity contribution in [3.63, 3.8) is 0 Å². The van der Waals surface area contributed by atoms with Crippen molar-refractivity contribution < 1.29 is 16.8 Å². The number of guanidine groups is 1. The standard InChI is InChI=1S/C6H14N4O2/c7-4(5(11)12)2-1-3-10-6(8)9/h4H,1-3,7H2,(H,11,12)(H4,8,9,10)/i1D2,2D,3+1D2. The molecule has 70 valence electrons. The molecule has 0 radical (unpaired) electrons. The van der Waals surface area contributed by atoms with Gasteiger partial charge in [0.25, 0.3) is 0 Å². The average Bonchev–Trinajstić information content (AvgIpc) is 2.12. The average molecular weight is 180 g/mol. The topological polar surface area (TPSA) is 128 Å². The Morgan fingerprint density at radius 2 is 2.25 bits per heavy atom. The lowest BCUT2D eigenvalue weighted by atomic mass is 10.2. The highest BCUT2D eigenvalue weighted by atomic mass is 16.4. The molecule has 0 aliphatic heterocycles. The molecule has 6 heteroatoms. The summed E-state index contributed by atoms with van der Waals surface area (Å²) in [6.45, 7) is -2.95. The first-order valence-corrected chi connectivity index (χ1v) is 2.95. The third-order valence-corrected chi connectivity index (χ3v) is 0.798. The van der Waals surface area contributed by atoms with Crippen molar-refractivity contribution in [1.29, 1.82) is 0 Å². The number of carboxylic acid groups (broad SMARTS) is 1. The van der Waals surface area contributed by atoms with Crippen LogP contribution in [-0.4, -0.2) is 29.6 Å². The Morgan fingerprint density at radius 1 is 1.67 bits per heavy atom. The molecule has 0 aromatic carbocycles. The Bertz CT molecular complexity index is 330. The second kappa shape index (κ2) is 5.36. The maximum Gasteiger partial charge on any atom is 0.320 e. The second-order valence-corrected chi connectivity index (χ2v) is 1.82. The smallest absolute Gasteiger partial charge is 0.320 e. The van der Waals surface area contributed by atoms with Crippen LogP contribution in [0.4, 0.5) is 0 Å². The number of nitrogens with two attached hydrogens (primary N) is 3. The zero-order valence-corrected chi connectivity index (χ0v) is 6.19. The largest absolute Gasteiger partial charge is 0.480 e. The predicted molar refractivity (Wildman–Crippen MR) is 45.5 cm³/mol. The highest BCUT2D eigenvalue weighted by Crippen LogP contribution is 1.94. The van der Waals surface area contributed by atoms with E-state index < -0.39 is 37.2 Å². The van der Waals surface area contributed by atoms with Gasteiger partial charge in [0.05, 0.1) is 2.74 Å².